The first-order valence-electron chi connectivity index (χ1n) is 6.18. The molecule has 0 saturated heterocycles. The molecule has 0 amide bonds. The van der Waals surface area contributed by atoms with Crippen LogP contribution in [0.3, 0.4) is 0 Å². The minimum absolute atomic E-state index is 0.00547. The number of carbonyl (C=O) groups excluding carboxylic acids is 1. The largest absolute Gasteiger partial charge is 0.472 e. The Bertz CT molecular complexity index is 492. The van der Waals surface area contributed by atoms with Gasteiger partial charge < -0.3 is 9.47 Å². The lowest BCUT2D eigenvalue weighted by Crippen LogP contribution is -2.28. The second kappa shape index (κ2) is 7.69. The van der Waals surface area contributed by atoms with Gasteiger partial charge in [-0.1, -0.05) is 24.9 Å². The van der Waals surface area contributed by atoms with Crippen molar-refractivity contribution < 1.29 is 19.2 Å². The minimum Gasteiger partial charge on any atom is -0.472 e. The van der Waals surface area contributed by atoms with Gasteiger partial charge in [0, 0.05) is 11.1 Å². The summed E-state index contributed by atoms with van der Waals surface area (Å²) >= 11 is 5.72. The summed E-state index contributed by atoms with van der Waals surface area (Å²) < 4.78 is 10.1. The molecule has 0 radical (unpaired) electrons. The molecule has 1 rings (SSSR count). The van der Waals surface area contributed by atoms with Crippen molar-refractivity contribution >= 4 is 23.3 Å². The molecule has 0 aliphatic heterocycles. The lowest BCUT2D eigenvalue weighted by molar-refractivity contribution is -0.386. The number of benzene rings is 1. The number of hydrogen-bond donors (Lipinski definition) is 0. The molecular weight excluding hydrogens is 286 g/mol. The molecule has 0 aliphatic rings. The Morgan fingerprint density at radius 3 is 2.75 bits per heavy atom. The van der Waals surface area contributed by atoms with Gasteiger partial charge in [-0.3, -0.25) is 10.1 Å². The predicted molar refractivity (Wildman–Crippen MR) is 74.1 cm³/mol. The highest BCUT2D eigenvalue weighted by molar-refractivity contribution is 6.30. The number of nitrogens with zero attached hydrogens (tertiary/aromatic N) is 1. The Hall–Kier alpha value is -1.82. The van der Waals surface area contributed by atoms with Crippen molar-refractivity contribution in [1.82, 2.24) is 0 Å². The van der Waals surface area contributed by atoms with Gasteiger partial charge in [0.15, 0.2) is 11.9 Å². The van der Waals surface area contributed by atoms with E-state index in [9.17, 15) is 14.9 Å². The van der Waals surface area contributed by atoms with Gasteiger partial charge in [0.25, 0.3) is 0 Å². The highest BCUT2D eigenvalue weighted by Gasteiger charge is 2.25. The summed E-state index contributed by atoms with van der Waals surface area (Å²) in [6.07, 6.45) is 1.20. The Labute approximate surface area is 121 Å². The predicted octanol–water partition coefficient (Wildman–Crippen LogP) is 3.36. The number of nitro benzene ring substituents is 1. The van der Waals surface area contributed by atoms with E-state index < -0.39 is 17.0 Å². The van der Waals surface area contributed by atoms with Crippen LogP contribution in [0.25, 0.3) is 0 Å². The Morgan fingerprint density at radius 1 is 1.50 bits per heavy atom. The van der Waals surface area contributed by atoms with Crippen molar-refractivity contribution in [3.63, 3.8) is 0 Å². The smallest absolute Gasteiger partial charge is 0.347 e. The van der Waals surface area contributed by atoms with E-state index in [1.165, 1.54) is 25.3 Å². The topological polar surface area (TPSA) is 78.7 Å². The van der Waals surface area contributed by atoms with Gasteiger partial charge in [0.05, 0.1) is 12.0 Å². The van der Waals surface area contributed by atoms with E-state index in [4.69, 9.17) is 16.3 Å². The molecule has 20 heavy (non-hydrogen) atoms. The van der Waals surface area contributed by atoms with E-state index in [1.54, 1.807) is 0 Å². The van der Waals surface area contributed by atoms with Crippen LogP contribution in [-0.2, 0) is 9.53 Å². The zero-order chi connectivity index (χ0) is 15.1. The number of ether oxygens (including phenoxy) is 2. The first-order chi connectivity index (χ1) is 9.49. The average Bonchev–Trinajstić information content (AvgIpc) is 2.43. The van der Waals surface area contributed by atoms with Crippen molar-refractivity contribution in [3.8, 4) is 5.75 Å². The molecule has 0 saturated carbocycles. The molecule has 0 N–H and O–H groups in total. The molecule has 0 spiro atoms. The van der Waals surface area contributed by atoms with Gasteiger partial charge in [-0.25, -0.2) is 4.79 Å². The molecule has 0 aromatic heterocycles. The van der Waals surface area contributed by atoms with E-state index in [-0.39, 0.29) is 16.5 Å². The highest BCUT2D eigenvalue weighted by atomic mass is 35.5. The van der Waals surface area contributed by atoms with Gasteiger partial charge >= 0.3 is 11.7 Å². The Balaban J connectivity index is 2.98. The molecule has 0 heterocycles. The van der Waals surface area contributed by atoms with Crippen molar-refractivity contribution in [2.24, 2.45) is 0 Å². The summed E-state index contributed by atoms with van der Waals surface area (Å²) in [7, 11) is 1.25. The number of unbranched alkanes of at least 4 members (excludes halogenated alkanes) is 1. The van der Waals surface area contributed by atoms with E-state index in [2.05, 4.69) is 4.74 Å². The van der Waals surface area contributed by atoms with Crippen molar-refractivity contribution in [2.75, 3.05) is 7.11 Å². The van der Waals surface area contributed by atoms with Crippen LogP contribution in [0.4, 0.5) is 5.69 Å². The molecule has 0 aliphatic carbocycles. The van der Waals surface area contributed by atoms with Crippen LogP contribution in [0.15, 0.2) is 18.2 Å². The van der Waals surface area contributed by atoms with Crippen LogP contribution in [-0.4, -0.2) is 24.1 Å². The molecule has 1 aromatic carbocycles. The van der Waals surface area contributed by atoms with E-state index in [1.807, 2.05) is 6.92 Å². The van der Waals surface area contributed by atoms with Gasteiger partial charge in [-0.05, 0) is 25.0 Å². The standard InChI is InChI=1S/C13H16ClNO5/c1-3-4-5-12(13(16)19-2)20-11-7-6-9(14)8-10(11)15(17)18/h6-8,12H,3-5H2,1-2H3. The normalized spacial score (nSPS) is 11.8. The maximum Gasteiger partial charge on any atom is 0.347 e. The average molecular weight is 302 g/mol. The molecule has 1 unspecified atom stereocenters. The van der Waals surface area contributed by atoms with Gasteiger partial charge in [0.1, 0.15) is 0 Å². The third kappa shape index (κ3) is 4.38. The summed E-state index contributed by atoms with van der Waals surface area (Å²) in [4.78, 5) is 22.0. The number of nitro groups is 1. The number of carbonyl (C=O) groups is 1. The van der Waals surface area contributed by atoms with E-state index >= 15 is 0 Å². The van der Waals surface area contributed by atoms with Crippen LogP contribution in [0.1, 0.15) is 26.2 Å². The number of rotatable bonds is 7. The fourth-order valence-electron chi connectivity index (χ4n) is 1.63. The first kappa shape index (κ1) is 16.2. The monoisotopic (exact) mass is 301 g/mol. The SMILES string of the molecule is CCCCC(Oc1ccc(Cl)cc1[N+](=O)[O-])C(=O)OC. The first-order valence-corrected chi connectivity index (χ1v) is 6.55. The molecule has 7 heteroatoms. The summed E-state index contributed by atoms with van der Waals surface area (Å²) in [6, 6.07) is 4.03. The molecule has 1 aromatic rings. The van der Waals surface area contributed by atoms with Gasteiger partial charge in [-0.2, -0.15) is 0 Å². The summed E-state index contributed by atoms with van der Waals surface area (Å²) in [5, 5.41) is 11.2. The summed E-state index contributed by atoms with van der Waals surface area (Å²) in [5.41, 5.74) is -0.275. The van der Waals surface area contributed by atoms with Crippen molar-refractivity contribution in [1.29, 1.82) is 0 Å². The number of halogens is 1. The zero-order valence-electron chi connectivity index (χ0n) is 11.3. The maximum atomic E-state index is 11.6. The number of hydrogen-bond acceptors (Lipinski definition) is 5. The third-order valence-electron chi connectivity index (χ3n) is 2.67. The Kier molecular flexibility index (Phi) is 6.24. The van der Waals surface area contributed by atoms with Gasteiger partial charge in [0.2, 0.25) is 0 Å². The second-order valence-electron chi connectivity index (χ2n) is 4.14. The van der Waals surface area contributed by atoms with Crippen molar-refractivity contribution in [3.05, 3.63) is 33.3 Å². The van der Waals surface area contributed by atoms with Crippen LogP contribution in [0, 0.1) is 10.1 Å². The van der Waals surface area contributed by atoms with Gasteiger partial charge in [-0.15, -0.1) is 0 Å². The highest BCUT2D eigenvalue weighted by Crippen LogP contribution is 2.31. The molecule has 110 valence electrons. The maximum absolute atomic E-state index is 11.6. The van der Waals surface area contributed by atoms with Crippen LogP contribution < -0.4 is 4.74 Å². The number of esters is 1. The molecule has 1 atom stereocenters. The third-order valence-corrected chi connectivity index (χ3v) is 2.91. The second-order valence-corrected chi connectivity index (χ2v) is 4.58. The minimum atomic E-state index is -0.861. The lowest BCUT2D eigenvalue weighted by Gasteiger charge is -2.16. The molecular formula is C13H16ClNO5. The molecule has 6 nitrogen and oxygen atoms in total. The molecule has 0 bridgehead atoms. The van der Waals surface area contributed by atoms with Crippen molar-refractivity contribution in [2.45, 2.75) is 32.3 Å². The van der Waals surface area contributed by atoms with Crippen LogP contribution >= 0.6 is 11.6 Å². The number of methoxy groups -OCH3 is 1. The van der Waals surface area contributed by atoms with Crippen LogP contribution in [0.5, 0.6) is 5.75 Å². The summed E-state index contributed by atoms with van der Waals surface area (Å²) in [5.74, 6) is -0.548. The quantitative estimate of drug-likeness (QED) is 0.438. The van der Waals surface area contributed by atoms with E-state index in [0.29, 0.717) is 6.42 Å². The lowest BCUT2D eigenvalue weighted by atomic mass is 10.1. The zero-order valence-corrected chi connectivity index (χ0v) is 12.1. The Morgan fingerprint density at radius 2 is 2.20 bits per heavy atom. The molecule has 0 fully saturated rings. The summed E-state index contributed by atoms with van der Waals surface area (Å²) in [6.45, 7) is 1.97. The van der Waals surface area contributed by atoms with E-state index in [0.717, 1.165) is 12.8 Å². The fraction of sp³-hybridized carbons (Fsp3) is 0.462. The van der Waals surface area contributed by atoms with Crippen LogP contribution in [0.2, 0.25) is 5.02 Å². The fourth-order valence-corrected chi connectivity index (χ4v) is 1.80.